The van der Waals surface area contributed by atoms with Gasteiger partial charge in [-0.1, -0.05) is 49.2 Å². The molecule has 0 saturated heterocycles. The van der Waals surface area contributed by atoms with Gasteiger partial charge in [-0.25, -0.2) is 8.42 Å². The molecule has 0 unspecified atom stereocenters. The Kier molecular flexibility index (Phi) is 7.62. The van der Waals surface area contributed by atoms with Crippen molar-refractivity contribution in [2.75, 3.05) is 0 Å². The molecule has 1 fully saturated rings. The Hall–Kier alpha value is -3.17. The third kappa shape index (κ3) is 5.72. The van der Waals surface area contributed by atoms with Gasteiger partial charge in [0.15, 0.2) is 0 Å². The van der Waals surface area contributed by atoms with E-state index in [0.29, 0.717) is 6.04 Å². The van der Waals surface area contributed by atoms with Crippen LogP contribution in [-0.4, -0.2) is 36.6 Å². The number of fused-ring (bicyclic) bond motifs is 1. The predicted octanol–water partition coefficient (Wildman–Crippen LogP) is 3.26. The SMILES string of the molecule is O=C(C[C@@H]1C(=O)NC=CN1S(=O)(=O)c1ccccc1)N[C@@H]1CCCc2cc(CNC3CCCC3)ccc21. The Bertz CT molecular complexity index is 1270. The zero-order chi connectivity index (χ0) is 25.8. The summed E-state index contributed by atoms with van der Waals surface area (Å²) >= 11 is 0. The van der Waals surface area contributed by atoms with E-state index in [4.69, 9.17) is 0 Å². The van der Waals surface area contributed by atoms with E-state index in [2.05, 4.69) is 34.1 Å². The fourth-order valence-electron chi connectivity index (χ4n) is 5.60. The first-order valence-electron chi connectivity index (χ1n) is 13.1. The maximum Gasteiger partial charge on any atom is 0.264 e. The molecule has 1 aliphatic heterocycles. The first-order valence-corrected chi connectivity index (χ1v) is 14.6. The fraction of sp³-hybridized carbons (Fsp3) is 0.429. The van der Waals surface area contributed by atoms with E-state index in [9.17, 15) is 18.0 Å². The van der Waals surface area contributed by atoms with E-state index in [0.717, 1.165) is 35.7 Å². The molecule has 0 spiro atoms. The number of hydrogen-bond donors (Lipinski definition) is 3. The summed E-state index contributed by atoms with van der Waals surface area (Å²) in [6, 6.07) is 13.7. The number of carbonyl (C=O) groups excluding carboxylic acids is 2. The highest BCUT2D eigenvalue weighted by Gasteiger charge is 2.37. The molecule has 2 atom stereocenters. The summed E-state index contributed by atoms with van der Waals surface area (Å²) in [6.45, 7) is 0.852. The molecule has 9 heteroatoms. The van der Waals surface area contributed by atoms with Gasteiger partial charge in [0.25, 0.3) is 10.0 Å². The van der Waals surface area contributed by atoms with E-state index in [-0.39, 0.29) is 23.3 Å². The zero-order valence-electron chi connectivity index (χ0n) is 20.9. The summed E-state index contributed by atoms with van der Waals surface area (Å²) in [5, 5.41) is 9.27. The average molecular weight is 523 g/mol. The highest BCUT2D eigenvalue weighted by atomic mass is 32.2. The molecule has 2 aromatic rings. The zero-order valence-corrected chi connectivity index (χ0v) is 21.7. The molecule has 0 bridgehead atoms. The lowest BCUT2D eigenvalue weighted by Gasteiger charge is -2.32. The molecule has 0 aromatic heterocycles. The molecule has 1 heterocycles. The lowest BCUT2D eigenvalue weighted by Crippen LogP contribution is -2.51. The van der Waals surface area contributed by atoms with Crippen LogP contribution in [0.25, 0.3) is 0 Å². The molecule has 3 N–H and O–H groups in total. The molecule has 2 aromatic carbocycles. The van der Waals surface area contributed by atoms with Gasteiger partial charge < -0.3 is 16.0 Å². The predicted molar refractivity (Wildman–Crippen MR) is 141 cm³/mol. The number of nitrogens with zero attached hydrogens (tertiary/aromatic N) is 1. The average Bonchev–Trinajstić information content (AvgIpc) is 3.43. The second-order valence-electron chi connectivity index (χ2n) is 10.1. The molecule has 5 rings (SSSR count). The number of carbonyl (C=O) groups is 2. The van der Waals surface area contributed by atoms with Gasteiger partial charge in [0.2, 0.25) is 11.8 Å². The van der Waals surface area contributed by atoms with Crippen molar-refractivity contribution in [1.29, 1.82) is 0 Å². The van der Waals surface area contributed by atoms with Gasteiger partial charge >= 0.3 is 0 Å². The molecule has 2 aliphatic carbocycles. The molecule has 2 amide bonds. The first-order chi connectivity index (χ1) is 17.9. The molecule has 1 saturated carbocycles. The van der Waals surface area contributed by atoms with Crippen molar-refractivity contribution < 1.29 is 18.0 Å². The maximum absolute atomic E-state index is 13.2. The van der Waals surface area contributed by atoms with Gasteiger partial charge in [-0.2, -0.15) is 0 Å². The van der Waals surface area contributed by atoms with Crippen molar-refractivity contribution in [2.24, 2.45) is 0 Å². The fourth-order valence-corrected chi connectivity index (χ4v) is 7.07. The van der Waals surface area contributed by atoms with E-state index < -0.39 is 22.0 Å². The number of nitrogens with one attached hydrogen (secondary N) is 3. The highest BCUT2D eigenvalue weighted by molar-refractivity contribution is 7.89. The standard InChI is InChI=1S/C28H34N4O4S/c33-27(18-26-28(34)29-15-16-32(26)37(35,36)23-10-2-1-3-11-23)31-25-12-6-7-21-17-20(13-14-24(21)25)19-30-22-8-4-5-9-22/h1-3,10-11,13-17,22,25-26,30H,4-9,12,18-19H2,(H,29,34)(H,31,33)/t25-,26-/m1/s1. The Morgan fingerprint density at radius 1 is 1.03 bits per heavy atom. The van der Waals surface area contributed by atoms with Crippen LogP contribution in [0.3, 0.4) is 0 Å². The summed E-state index contributed by atoms with van der Waals surface area (Å²) in [4.78, 5) is 25.8. The van der Waals surface area contributed by atoms with Crippen molar-refractivity contribution in [3.63, 3.8) is 0 Å². The molecular weight excluding hydrogens is 488 g/mol. The normalized spacial score (nSPS) is 21.9. The number of benzene rings is 2. The maximum atomic E-state index is 13.2. The number of hydrogen-bond acceptors (Lipinski definition) is 5. The molecule has 0 radical (unpaired) electrons. The molecule has 8 nitrogen and oxygen atoms in total. The minimum Gasteiger partial charge on any atom is -0.349 e. The second kappa shape index (κ2) is 11.1. The highest BCUT2D eigenvalue weighted by Crippen LogP contribution is 2.31. The molecule has 37 heavy (non-hydrogen) atoms. The Labute approximate surface area is 218 Å². The van der Waals surface area contributed by atoms with Gasteiger partial charge in [0.05, 0.1) is 17.4 Å². The molecule has 3 aliphatic rings. The third-order valence-corrected chi connectivity index (χ3v) is 9.36. The largest absolute Gasteiger partial charge is 0.349 e. The Morgan fingerprint density at radius 2 is 1.81 bits per heavy atom. The van der Waals surface area contributed by atoms with Crippen LogP contribution in [0.1, 0.15) is 67.7 Å². The van der Waals surface area contributed by atoms with Crippen molar-refractivity contribution >= 4 is 21.8 Å². The summed E-state index contributed by atoms with van der Waals surface area (Å²) in [5.41, 5.74) is 3.60. The van der Waals surface area contributed by atoms with Gasteiger partial charge in [0, 0.05) is 25.0 Å². The summed E-state index contributed by atoms with van der Waals surface area (Å²) in [7, 11) is -3.99. The number of rotatable bonds is 8. The lowest BCUT2D eigenvalue weighted by atomic mass is 9.86. The van der Waals surface area contributed by atoms with E-state index >= 15 is 0 Å². The van der Waals surface area contributed by atoms with E-state index in [1.165, 1.54) is 61.3 Å². The van der Waals surface area contributed by atoms with Crippen LogP contribution in [0.2, 0.25) is 0 Å². The van der Waals surface area contributed by atoms with E-state index in [1.54, 1.807) is 18.2 Å². The Morgan fingerprint density at radius 3 is 2.59 bits per heavy atom. The van der Waals surface area contributed by atoms with E-state index in [1.807, 2.05) is 0 Å². The smallest absolute Gasteiger partial charge is 0.264 e. The number of aryl methyl sites for hydroxylation is 1. The van der Waals surface area contributed by atoms with Crippen LogP contribution >= 0.6 is 0 Å². The van der Waals surface area contributed by atoms with Crippen LogP contribution in [0.15, 0.2) is 65.8 Å². The number of sulfonamides is 1. The summed E-state index contributed by atoms with van der Waals surface area (Å²) < 4.78 is 27.4. The minimum atomic E-state index is -3.99. The van der Waals surface area contributed by atoms with Crippen molar-refractivity contribution in [3.05, 3.63) is 77.6 Å². The van der Waals surface area contributed by atoms with Gasteiger partial charge in [-0.15, -0.1) is 0 Å². The van der Waals surface area contributed by atoms with Crippen LogP contribution in [0.4, 0.5) is 0 Å². The summed E-state index contributed by atoms with van der Waals surface area (Å²) in [6.07, 6.45) is 10.2. The monoisotopic (exact) mass is 522 g/mol. The van der Waals surface area contributed by atoms with Crippen LogP contribution in [0.5, 0.6) is 0 Å². The van der Waals surface area contributed by atoms with Crippen molar-refractivity contribution in [2.45, 2.75) is 80.9 Å². The number of amides is 2. The molecular formula is C28H34N4O4S. The van der Waals surface area contributed by atoms with Crippen molar-refractivity contribution in [3.8, 4) is 0 Å². The third-order valence-electron chi connectivity index (χ3n) is 7.56. The molecule has 196 valence electrons. The lowest BCUT2D eigenvalue weighted by molar-refractivity contribution is -0.129. The van der Waals surface area contributed by atoms with Crippen molar-refractivity contribution in [1.82, 2.24) is 20.3 Å². The van der Waals surface area contributed by atoms with Gasteiger partial charge in [-0.05, 0) is 60.9 Å². The van der Waals surface area contributed by atoms with Crippen LogP contribution in [-0.2, 0) is 32.6 Å². The second-order valence-corrected chi connectivity index (χ2v) is 11.9. The van der Waals surface area contributed by atoms with Gasteiger partial charge in [-0.3, -0.25) is 13.9 Å². The minimum absolute atomic E-state index is 0.0687. The van der Waals surface area contributed by atoms with Crippen LogP contribution in [0, 0.1) is 0 Å². The first kappa shape index (κ1) is 25.5. The quantitative estimate of drug-likeness (QED) is 0.493. The van der Waals surface area contributed by atoms with Crippen LogP contribution < -0.4 is 16.0 Å². The van der Waals surface area contributed by atoms with Gasteiger partial charge in [0.1, 0.15) is 6.04 Å². The topological polar surface area (TPSA) is 108 Å². The Balaban J connectivity index is 1.26. The summed E-state index contributed by atoms with van der Waals surface area (Å²) in [5.74, 6) is -0.880.